The third-order valence-corrected chi connectivity index (χ3v) is 5.52. The molecular formula is C20H29N3O3. The zero-order valence-corrected chi connectivity index (χ0v) is 15.4. The van der Waals surface area contributed by atoms with Gasteiger partial charge < -0.3 is 20.3 Å². The minimum absolute atomic E-state index is 0.0106. The fourth-order valence-corrected chi connectivity index (χ4v) is 4.10. The second kappa shape index (κ2) is 8.92. The number of nitrogens with zero attached hydrogens (tertiary/aromatic N) is 1. The highest BCUT2D eigenvalue weighted by Crippen LogP contribution is 2.32. The number of amides is 3. The fourth-order valence-electron chi connectivity index (χ4n) is 4.10. The molecule has 2 fully saturated rings. The van der Waals surface area contributed by atoms with Crippen molar-refractivity contribution in [1.29, 1.82) is 0 Å². The van der Waals surface area contributed by atoms with Gasteiger partial charge in [-0.3, -0.25) is 0 Å². The maximum absolute atomic E-state index is 12.3. The van der Waals surface area contributed by atoms with E-state index in [9.17, 15) is 9.59 Å². The largest absolute Gasteiger partial charge is 0.453 e. The highest BCUT2D eigenvalue weighted by atomic mass is 16.5. The third kappa shape index (κ3) is 4.90. The number of ether oxygens (including phenoxy) is 1. The van der Waals surface area contributed by atoms with Gasteiger partial charge in [-0.2, -0.15) is 0 Å². The van der Waals surface area contributed by atoms with Crippen LogP contribution in [0.1, 0.15) is 50.0 Å². The molecule has 0 spiro atoms. The summed E-state index contributed by atoms with van der Waals surface area (Å²) >= 11 is 0. The molecule has 26 heavy (non-hydrogen) atoms. The summed E-state index contributed by atoms with van der Waals surface area (Å²) in [5.74, 6) is 0.601. The molecule has 0 bridgehead atoms. The van der Waals surface area contributed by atoms with Crippen LogP contribution in [-0.2, 0) is 4.74 Å². The maximum Gasteiger partial charge on any atom is 0.409 e. The summed E-state index contributed by atoms with van der Waals surface area (Å²) in [6.07, 6.45) is 5.67. The third-order valence-electron chi connectivity index (χ3n) is 5.52. The first kappa shape index (κ1) is 18.5. The molecule has 6 nitrogen and oxygen atoms in total. The van der Waals surface area contributed by atoms with Gasteiger partial charge in [-0.05, 0) is 50.0 Å². The van der Waals surface area contributed by atoms with Crippen molar-refractivity contribution < 1.29 is 14.3 Å². The molecule has 3 amide bonds. The van der Waals surface area contributed by atoms with Gasteiger partial charge in [-0.15, -0.1) is 0 Å². The van der Waals surface area contributed by atoms with E-state index in [1.807, 2.05) is 6.07 Å². The summed E-state index contributed by atoms with van der Waals surface area (Å²) in [6.45, 7) is 1.21. The quantitative estimate of drug-likeness (QED) is 0.870. The fraction of sp³-hybridized carbons (Fsp3) is 0.600. The van der Waals surface area contributed by atoms with Crippen LogP contribution in [0.5, 0.6) is 0 Å². The van der Waals surface area contributed by atoms with Crippen LogP contribution < -0.4 is 10.6 Å². The lowest BCUT2D eigenvalue weighted by Gasteiger charge is -2.33. The van der Waals surface area contributed by atoms with E-state index in [2.05, 4.69) is 34.9 Å². The average Bonchev–Trinajstić information content (AvgIpc) is 2.68. The average molecular weight is 359 g/mol. The lowest BCUT2D eigenvalue weighted by Crippen LogP contribution is -2.53. The molecule has 0 radical (unpaired) electrons. The van der Waals surface area contributed by atoms with Crippen LogP contribution in [-0.4, -0.2) is 49.3 Å². The van der Waals surface area contributed by atoms with E-state index in [1.54, 1.807) is 4.90 Å². The van der Waals surface area contributed by atoms with Crippen LogP contribution in [0.15, 0.2) is 30.3 Å². The van der Waals surface area contributed by atoms with Crippen molar-refractivity contribution in [2.24, 2.45) is 0 Å². The van der Waals surface area contributed by atoms with Crippen molar-refractivity contribution in [3.8, 4) is 0 Å². The first-order chi connectivity index (χ1) is 12.7. The zero-order chi connectivity index (χ0) is 18.4. The van der Waals surface area contributed by atoms with E-state index in [4.69, 9.17) is 4.74 Å². The first-order valence-corrected chi connectivity index (χ1v) is 9.60. The van der Waals surface area contributed by atoms with Gasteiger partial charge in [0.05, 0.1) is 7.11 Å². The van der Waals surface area contributed by atoms with Crippen molar-refractivity contribution >= 4 is 12.1 Å². The minimum atomic E-state index is -0.323. The molecule has 1 heterocycles. The van der Waals surface area contributed by atoms with Gasteiger partial charge in [0.15, 0.2) is 0 Å². The second-order valence-electron chi connectivity index (χ2n) is 7.33. The summed E-state index contributed by atoms with van der Waals surface area (Å²) < 4.78 is 4.77. The van der Waals surface area contributed by atoms with Crippen LogP contribution in [0.2, 0.25) is 0 Å². The predicted molar refractivity (Wildman–Crippen MR) is 100 cm³/mol. The van der Waals surface area contributed by atoms with Crippen LogP contribution in [0.25, 0.3) is 0 Å². The van der Waals surface area contributed by atoms with Crippen molar-refractivity contribution in [2.45, 2.75) is 56.5 Å². The Kier molecular flexibility index (Phi) is 6.36. The monoisotopic (exact) mass is 359 g/mol. The number of piperidine rings is 1. The number of carbonyl (C=O) groups is 2. The summed E-state index contributed by atoms with van der Waals surface area (Å²) in [6, 6.07) is 10.7. The minimum Gasteiger partial charge on any atom is -0.453 e. The number of methoxy groups -OCH3 is 1. The topological polar surface area (TPSA) is 70.7 Å². The zero-order valence-electron chi connectivity index (χ0n) is 15.4. The lowest BCUT2D eigenvalue weighted by atomic mass is 9.82. The number of hydrogen-bond donors (Lipinski definition) is 2. The summed E-state index contributed by atoms with van der Waals surface area (Å²) in [5.41, 5.74) is 1.40. The van der Waals surface area contributed by atoms with E-state index in [0.717, 1.165) is 38.5 Å². The Labute approximate surface area is 155 Å². The van der Waals surface area contributed by atoms with E-state index >= 15 is 0 Å². The maximum atomic E-state index is 12.3. The molecule has 6 heteroatoms. The molecule has 1 aliphatic heterocycles. The first-order valence-electron chi connectivity index (χ1n) is 9.60. The van der Waals surface area contributed by atoms with E-state index in [-0.39, 0.29) is 24.2 Å². The van der Waals surface area contributed by atoms with E-state index in [0.29, 0.717) is 19.0 Å². The van der Waals surface area contributed by atoms with Crippen molar-refractivity contribution in [1.82, 2.24) is 15.5 Å². The van der Waals surface area contributed by atoms with Crippen LogP contribution in [0.3, 0.4) is 0 Å². The molecule has 1 aromatic rings. The van der Waals surface area contributed by atoms with Gasteiger partial charge in [-0.25, -0.2) is 9.59 Å². The van der Waals surface area contributed by atoms with Crippen LogP contribution >= 0.6 is 0 Å². The number of urea groups is 1. The molecule has 1 saturated heterocycles. The SMILES string of the molecule is COC(=O)N1CCCC(NC(=O)NC2CCC(c3ccccc3)CC2)C1. The van der Waals surface area contributed by atoms with Gasteiger partial charge in [-0.1, -0.05) is 30.3 Å². The Morgan fingerprint density at radius 1 is 1.00 bits per heavy atom. The van der Waals surface area contributed by atoms with E-state index < -0.39 is 0 Å². The molecule has 1 aliphatic carbocycles. The van der Waals surface area contributed by atoms with Gasteiger partial charge in [0, 0.05) is 25.2 Å². The van der Waals surface area contributed by atoms with Crippen LogP contribution in [0, 0.1) is 0 Å². The number of benzene rings is 1. The van der Waals surface area contributed by atoms with Crippen molar-refractivity contribution in [2.75, 3.05) is 20.2 Å². The molecule has 2 aliphatic rings. The Morgan fingerprint density at radius 2 is 1.69 bits per heavy atom. The molecule has 1 atom stereocenters. The van der Waals surface area contributed by atoms with Gasteiger partial charge in [0.25, 0.3) is 0 Å². The Morgan fingerprint density at radius 3 is 2.38 bits per heavy atom. The molecule has 142 valence electrons. The van der Waals surface area contributed by atoms with Gasteiger partial charge in [0.1, 0.15) is 0 Å². The van der Waals surface area contributed by atoms with Gasteiger partial charge in [0.2, 0.25) is 0 Å². The molecule has 2 N–H and O–H groups in total. The number of likely N-dealkylation sites (tertiary alicyclic amines) is 1. The summed E-state index contributed by atoms with van der Waals surface area (Å²) in [7, 11) is 1.39. The molecule has 0 aromatic heterocycles. The molecule has 1 aromatic carbocycles. The lowest BCUT2D eigenvalue weighted by molar-refractivity contribution is 0.108. The number of rotatable bonds is 3. The summed E-state index contributed by atoms with van der Waals surface area (Å²) in [5, 5.41) is 6.13. The Balaban J connectivity index is 1.41. The smallest absolute Gasteiger partial charge is 0.409 e. The highest BCUT2D eigenvalue weighted by molar-refractivity contribution is 5.75. The van der Waals surface area contributed by atoms with E-state index in [1.165, 1.54) is 12.7 Å². The molecule has 1 unspecified atom stereocenters. The van der Waals surface area contributed by atoms with Crippen molar-refractivity contribution in [3.05, 3.63) is 35.9 Å². The molecular weight excluding hydrogens is 330 g/mol. The van der Waals surface area contributed by atoms with Crippen molar-refractivity contribution in [3.63, 3.8) is 0 Å². The second-order valence-corrected chi connectivity index (χ2v) is 7.33. The normalized spacial score (nSPS) is 26.0. The number of hydrogen-bond acceptors (Lipinski definition) is 3. The predicted octanol–water partition coefficient (Wildman–Crippen LogP) is 3.24. The Hall–Kier alpha value is -2.24. The van der Waals surface area contributed by atoms with Gasteiger partial charge >= 0.3 is 12.1 Å². The number of carbonyl (C=O) groups excluding carboxylic acids is 2. The standard InChI is InChI=1S/C20H29N3O3/c1-26-20(25)23-13-5-8-18(14-23)22-19(24)21-17-11-9-16(10-12-17)15-6-3-2-4-7-15/h2-4,6-7,16-18H,5,8-14H2,1H3,(H2,21,22,24). The molecule has 1 saturated carbocycles. The van der Waals surface area contributed by atoms with Crippen LogP contribution in [0.4, 0.5) is 9.59 Å². The summed E-state index contributed by atoms with van der Waals surface area (Å²) in [4.78, 5) is 25.6. The highest BCUT2D eigenvalue weighted by Gasteiger charge is 2.27. The molecule has 3 rings (SSSR count). The number of nitrogens with one attached hydrogen (secondary N) is 2. The Bertz CT molecular complexity index is 600.